The second-order valence-corrected chi connectivity index (χ2v) is 4.41. The van der Waals surface area contributed by atoms with E-state index < -0.39 is 0 Å². The normalized spacial score (nSPS) is 11.2. The number of hydrogen-bond acceptors (Lipinski definition) is 2. The van der Waals surface area contributed by atoms with Crippen molar-refractivity contribution < 1.29 is 0 Å². The molecule has 0 fully saturated rings. The summed E-state index contributed by atoms with van der Waals surface area (Å²) in [5, 5.41) is 4.81. The third-order valence-electron chi connectivity index (χ3n) is 2.76. The van der Waals surface area contributed by atoms with Crippen LogP contribution >= 0.6 is 11.6 Å². The zero-order chi connectivity index (χ0) is 11.5. The fourth-order valence-corrected chi connectivity index (χ4v) is 2.03. The highest BCUT2D eigenvalue weighted by Gasteiger charge is 2.09. The Bertz CT molecular complexity index is 490. The van der Waals surface area contributed by atoms with E-state index in [4.69, 9.17) is 11.6 Å². The van der Waals surface area contributed by atoms with Crippen molar-refractivity contribution in [3.63, 3.8) is 0 Å². The van der Waals surface area contributed by atoms with Gasteiger partial charge < -0.3 is 0 Å². The average molecular weight is 238 g/mol. The number of aromatic nitrogens is 3. The summed E-state index contributed by atoms with van der Waals surface area (Å²) in [7, 11) is 0. The molecule has 2 rings (SSSR count). The molecule has 0 bridgehead atoms. The highest BCUT2D eigenvalue weighted by Crippen LogP contribution is 2.15. The number of unbranched alkanes of at least 4 members (excludes halogenated alkanes) is 2. The van der Waals surface area contributed by atoms with Gasteiger partial charge in [0, 0.05) is 0 Å². The highest BCUT2D eigenvalue weighted by molar-refractivity contribution is 6.29. The van der Waals surface area contributed by atoms with Crippen LogP contribution in [0.1, 0.15) is 37.6 Å². The van der Waals surface area contributed by atoms with Gasteiger partial charge in [0.05, 0.1) is 11.4 Å². The maximum Gasteiger partial charge on any atom is 0.154 e. The van der Waals surface area contributed by atoms with Gasteiger partial charge in [0.1, 0.15) is 5.15 Å². The van der Waals surface area contributed by atoms with Gasteiger partial charge in [-0.1, -0.05) is 31.4 Å². The fraction of sp³-hybridized carbons (Fsp3) is 0.500. The standard InChI is InChI=1S/C12H16ClN3/c1-3-4-5-6-10-9(2)14-12-8-7-11(13)15-16(10)12/h7-8H,3-6H2,1-2H3. The Morgan fingerprint density at radius 1 is 1.31 bits per heavy atom. The first-order valence-corrected chi connectivity index (χ1v) is 6.11. The number of nitrogens with zero attached hydrogens (tertiary/aromatic N) is 3. The van der Waals surface area contributed by atoms with Crippen molar-refractivity contribution in [1.29, 1.82) is 0 Å². The summed E-state index contributed by atoms with van der Waals surface area (Å²) < 4.78 is 1.87. The zero-order valence-corrected chi connectivity index (χ0v) is 10.5. The van der Waals surface area contributed by atoms with Crippen molar-refractivity contribution in [2.75, 3.05) is 0 Å². The van der Waals surface area contributed by atoms with E-state index in [-0.39, 0.29) is 0 Å². The SMILES string of the molecule is CCCCCc1c(C)nc2ccc(Cl)nn12. The minimum Gasteiger partial charge on any atom is -0.232 e. The first-order chi connectivity index (χ1) is 7.72. The molecule has 16 heavy (non-hydrogen) atoms. The largest absolute Gasteiger partial charge is 0.232 e. The molecule has 0 N–H and O–H groups in total. The molecule has 3 nitrogen and oxygen atoms in total. The van der Waals surface area contributed by atoms with Crippen LogP contribution in [0.15, 0.2) is 12.1 Å². The van der Waals surface area contributed by atoms with Crippen molar-refractivity contribution in [3.05, 3.63) is 28.7 Å². The molecule has 2 heterocycles. The van der Waals surface area contributed by atoms with E-state index >= 15 is 0 Å². The predicted molar refractivity (Wildman–Crippen MR) is 66.0 cm³/mol. The highest BCUT2D eigenvalue weighted by atomic mass is 35.5. The van der Waals surface area contributed by atoms with Crippen LogP contribution in [-0.2, 0) is 6.42 Å². The Morgan fingerprint density at radius 2 is 2.12 bits per heavy atom. The van der Waals surface area contributed by atoms with E-state index in [1.807, 2.05) is 17.5 Å². The Kier molecular flexibility index (Phi) is 3.44. The van der Waals surface area contributed by atoms with Crippen LogP contribution < -0.4 is 0 Å². The van der Waals surface area contributed by atoms with Crippen molar-refractivity contribution in [2.24, 2.45) is 0 Å². The molecule has 0 spiro atoms. The number of hydrogen-bond donors (Lipinski definition) is 0. The molecule has 2 aromatic heterocycles. The van der Waals surface area contributed by atoms with E-state index in [1.165, 1.54) is 25.0 Å². The van der Waals surface area contributed by atoms with Crippen LogP contribution in [0.3, 0.4) is 0 Å². The van der Waals surface area contributed by atoms with E-state index in [2.05, 4.69) is 17.0 Å². The first kappa shape index (κ1) is 11.4. The second-order valence-electron chi connectivity index (χ2n) is 4.03. The molecular formula is C12H16ClN3. The summed E-state index contributed by atoms with van der Waals surface area (Å²) in [5.74, 6) is 0. The van der Waals surface area contributed by atoms with E-state index in [0.29, 0.717) is 5.15 Å². The molecule has 0 unspecified atom stereocenters. The lowest BCUT2D eigenvalue weighted by molar-refractivity contribution is 0.689. The lowest BCUT2D eigenvalue weighted by Gasteiger charge is -2.01. The van der Waals surface area contributed by atoms with Crippen LogP contribution in [0.25, 0.3) is 5.65 Å². The van der Waals surface area contributed by atoms with Crippen molar-refractivity contribution >= 4 is 17.2 Å². The zero-order valence-electron chi connectivity index (χ0n) is 9.70. The van der Waals surface area contributed by atoms with Crippen LogP contribution in [-0.4, -0.2) is 14.6 Å². The summed E-state index contributed by atoms with van der Waals surface area (Å²) in [6.45, 7) is 4.24. The summed E-state index contributed by atoms with van der Waals surface area (Å²) >= 11 is 5.90. The number of aryl methyl sites for hydroxylation is 2. The van der Waals surface area contributed by atoms with Gasteiger partial charge >= 0.3 is 0 Å². The topological polar surface area (TPSA) is 30.2 Å². The molecule has 86 valence electrons. The van der Waals surface area contributed by atoms with Gasteiger partial charge in [-0.3, -0.25) is 0 Å². The van der Waals surface area contributed by atoms with Gasteiger partial charge in [-0.15, -0.1) is 0 Å². The quantitative estimate of drug-likeness (QED) is 0.763. The van der Waals surface area contributed by atoms with Crippen molar-refractivity contribution in [1.82, 2.24) is 14.6 Å². The van der Waals surface area contributed by atoms with Crippen LogP contribution in [0.4, 0.5) is 0 Å². The molecule has 2 aromatic rings. The van der Waals surface area contributed by atoms with Gasteiger partial charge in [0.2, 0.25) is 0 Å². The van der Waals surface area contributed by atoms with E-state index in [9.17, 15) is 0 Å². The minimum absolute atomic E-state index is 0.515. The molecule has 0 atom stereocenters. The number of fused-ring (bicyclic) bond motifs is 1. The molecule has 0 saturated heterocycles. The predicted octanol–water partition coefficient (Wildman–Crippen LogP) is 3.42. The summed E-state index contributed by atoms with van der Waals surface area (Å²) in [5.41, 5.74) is 3.13. The average Bonchev–Trinajstić information content (AvgIpc) is 2.56. The monoisotopic (exact) mass is 237 g/mol. The molecule has 4 heteroatoms. The summed E-state index contributed by atoms with van der Waals surface area (Å²) in [4.78, 5) is 4.47. The van der Waals surface area contributed by atoms with Crippen molar-refractivity contribution in [3.8, 4) is 0 Å². The summed E-state index contributed by atoms with van der Waals surface area (Å²) in [6, 6.07) is 3.69. The Balaban J connectivity index is 2.34. The summed E-state index contributed by atoms with van der Waals surface area (Å²) in [6.07, 6.45) is 4.67. The van der Waals surface area contributed by atoms with Crippen LogP contribution in [0.5, 0.6) is 0 Å². The van der Waals surface area contributed by atoms with E-state index in [0.717, 1.165) is 17.8 Å². The third kappa shape index (κ3) is 2.19. The third-order valence-corrected chi connectivity index (χ3v) is 2.96. The van der Waals surface area contributed by atoms with Crippen LogP contribution in [0.2, 0.25) is 5.15 Å². The maximum atomic E-state index is 5.90. The number of halogens is 1. The molecule has 0 amide bonds. The minimum atomic E-state index is 0.515. The molecule has 0 aliphatic rings. The molecule has 0 aromatic carbocycles. The molecule has 0 aliphatic carbocycles. The number of imidazole rings is 1. The second kappa shape index (κ2) is 4.83. The van der Waals surface area contributed by atoms with Crippen LogP contribution in [0, 0.1) is 6.92 Å². The van der Waals surface area contributed by atoms with Gasteiger partial charge in [0.25, 0.3) is 0 Å². The van der Waals surface area contributed by atoms with Gasteiger partial charge in [-0.05, 0) is 31.9 Å². The molecule has 0 saturated carbocycles. The Hall–Kier alpha value is -1.09. The first-order valence-electron chi connectivity index (χ1n) is 5.73. The maximum absolute atomic E-state index is 5.90. The smallest absolute Gasteiger partial charge is 0.154 e. The van der Waals surface area contributed by atoms with Gasteiger partial charge in [0.15, 0.2) is 5.65 Å². The molecule has 0 radical (unpaired) electrons. The lowest BCUT2D eigenvalue weighted by Crippen LogP contribution is -1.99. The van der Waals surface area contributed by atoms with E-state index in [1.54, 1.807) is 6.07 Å². The molecule has 0 aliphatic heterocycles. The van der Waals surface area contributed by atoms with Gasteiger partial charge in [-0.25, -0.2) is 9.50 Å². The molecular weight excluding hydrogens is 222 g/mol. The number of rotatable bonds is 4. The lowest BCUT2D eigenvalue weighted by atomic mass is 10.1. The Labute approximate surface area is 100 Å². The Morgan fingerprint density at radius 3 is 2.88 bits per heavy atom. The fourth-order valence-electron chi connectivity index (χ4n) is 1.90. The van der Waals surface area contributed by atoms with Gasteiger partial charge in [-0.2, -0.15) is 5.10 Å². The van der Waals surface area contributed by atoms with Crippen molar-refractivity contribution in [2.45, 2.75) is 39.5 Å².